The first kappa shape index (κ1) is 17.9. The van der Waals surface area contributed by atoms with Gasteiger partial charge in [0.1, 0.15) is 0 Å². The van der Waals surface area contributed by atoms with E-state index in [1.807, 2.05) is 13.8 Å². The molecule has 0 atom stereocenters. The maximum atomic E-state index is 12.6. The Morgan fingerprint density at radius 1 is 1.18 bits per heavy atom. The van der Waals surface area contributed by atoms with E-state index in [0.29, 0.717) is 22.8 Å². The molecule has 0 aliphatic heterocycles. The van der Waals surface area contributed by atoms with Crippen molar-refractivity contribution in [2.24, 2.45) is 5.92 Å². The second-order valence-corrected chi connectivity index (χ2v) is 7.01. The SMILES string of the molecule is Cc1nc2nc(N)nn2c(C)c1CC(=O)Nc1cccc(NC(=O)C2CC2)c1. The quantitative estimate of drug-likeness (QED) is 0.621. The Balaban J connectivity index is 1.49. The van der Waals surface area contributed by atoms with Crippen LogP contribution in [0.4, 0.5) is 17.3 Å². The van der Waals surface area contributed by atoms with E-state index in [0.717, 1.165) is 24.1 Å². The van der Waals surface area contributed by atoms with Gasteiger partial charge in [-0.05, 0) is 44.9 Å². The largest absolute Gasteiger partial charge is 0.366 e. The molecule has 0 saturated heterocycles. The highest BCUT2D eigenvalue weighted by atomic mass is 16.2. The summed E-state index contributed by atoms with van der Waals surface area (Å²) < 4.78 is 1.54. The van der Waals surface area contributed by atoms with E-state index in [2.05, 4.69) is 25.7 Å². The first-order valence-electron chi connectivity index (χ1n) is 9.10. The Hall–Kier alpha value is -3.49. The highest BCUT2D eigenvalue weighted by molar-refractivity contribution is 5.96. The maximum absolute atomic E-state index is 12.6. The average molecular weight is 379 g/mol. The molecule has 2 aromatic heterocycles. The lowest BCUT2D eigenvalue weighted by Crippen LogP contribution is -2.18. The van der Waals surface area contributed by atoms with Gasteiger partial charge in [-0.3, -0.25) is 9.59 Å². The predicted molar refractivity (Wildman–Crippen MR) is 105 cm³/mol. The lowest BCUT2D eigenvalue weighted by atomic mass is 10.1. The number of nitrogens with one attached hydrogen (secondary N) is 2. The Bertz CT molecular complexity index is 1090. The fourth-order valence-electron chi connectivity index (χ4n) is 3.11. The van der Waals surface area contributed by atoms with Crippen molar-refractivity contribution in [1.82, 2.24) is 19.6 Å². The van der Waals surface area contributed by atoms with Gasteiger partial charge in [-0.15, -0.1) is 5.10 Å². The summed E-state index contributed by atoms with van der Waals surface area (Å²) in [5.74, 6) is 0.516. The third-order valence-corrected chi connectivity index (χ3v) is 4.76. The fraction of sp³-hybridized carbons (Fsp3) is 0.316. The van der Waals surface area contributed by atoms with Gasteiger partial charge in [-0.2, -0.15) is 9.50 Å². The molecule has 4 N–H and O–H groups in total. The van der Waals surface area contributed by atoms with Gasteiger partial charge in [0.15, 0.2) is 0 Å². The van der Waals surface area contributed by atoms with E-state index in [9.17, 15) is 9.59 Å². The van der Waals surface area contributed by atoms with Gasteiger partial charge in [-0.25, -0.2) is 4.98 Å². The van der Waals surface area contributed by atoms with Crippen LogP contribution in [0.15, 0.2) is 24.3 Å². The van der Waals surface area contributed by atoms with Crippen molar-refractivity contribution in [1.29, 1.82) is 0 Å². The normalized spacial score (nSPS) is 13.5. The molecule has 1 saturated carbocycles. The first-order chi connectivity index (χ1) is 13.4. The molecule has 0 unspecified atom stereocenters. The maximum Gasteiger partial charge on any atom is 0.254 e. The number of nitrogens with two attached hydrogens (primary N) is 1. The highest BCUT2D eigenvalue weighted by Crippen LogP contribution is 2.30. The minimum atomic E-state index is -0.189. The minimum Gasteiger partial charge on any atom is -0.366 e. The molecule has 4 rings (SSSR count). The summed E-state index contributed by atoms with van der Waals surface area (Å²) in [6.07, 6.45) is 2.02. The van der Waals surface area contributed by atoms with Crippen molar-refractivity contribution in [2.45, 2.75) is 33.1 Å². The third kappa shape index (κ3) is 3.64. The second-order valence-electron chi connectivity index (χ2n) is 7.01. The van der Waals surface area contributed by atoms with Crippen LogP contribution in [-0.2, 0) is 16.0 Å². The van der Waals surface area contributed by atoms with Gasteiger partial charge in [0, 0.05) is 34.2 Å². The molecule has 0 bridgehead atoms. The van der Waals surface area contributed by atoms with E-state index in [4.69, 9.17) is 5.73 Å². The van der Waals surface area contributed by atoms with Crippen molar-refractivity contribution >= 4 is 34.9 Å². The van der Waals surface area contributed by atoms with E-state index in [1.165, 1.54) is 0 Å². The molecule has 0 radical (unpaired) electrons. The summed E-state index contributed by atoms with van der Waals surface area (Å²) in [7, 11) is 0. The number of nitrogens with zero attached hydrogens (tertiary/aromatic N) is 4. The van der Waals surface area contributed by atoms with E-state index in [-0.39, 0.29) is 30.1 Å². The molecule has 9 nitrogen and oxygen atoms in total. The molecule has 0 spiro atoms. The van der Waals surface area contributed by atoms with Crippen LogP contribution in [-0.4, -0.2) is 31.4 Å². The van der Waals surface area contributed by atoms with E-state index < -0.39 is 0 Å². The number of fused-ring (bicyclic) bond motifs is 1. The van der Waals surface area contributed by atoms with Crippen LogP contribution in [0, 0.1) is 19.8 Å². The fourth-order valence-corrected chi connectivity index (χ4v) is 3.11. The molecule has 1 aliphatic carbocycles. The zero-order chi connectivity index (χ0) is 19.8. The Labute approximate surface area is 161 Å². The van der Waals surface area contributed by atoms with Crippen molar-refractivity contribution in [3.05, 3.63) is 41.2 Å². The van der Waals surface area contributed by atoms with Crippen molar-refractivity contribution in [3.8, 4) is 0 Å². The summed E-state index contributed by atoms with van der Waals surface area (Å²) in [6.45, 7) is 3.68. The van der Waals surface area contributed by atoms with E-state index >= 15 is 0 Å². The number of anilines is 3. The molecule has 1 aliphatic rings. The van der Waals surface area contributed by atoms with Crippen LogP contribution in [0.3, 0.4) is 0 Å². The average Bonchev–Trinajstić information content (AvgIpc) is 3.42. The van der Waals surface area contributed by atoms with Gasteiger partial charge in [-0.1, -0.05) is 6.07 Å². The van der Waals surface area contributed by atoms with Crippen molar-refractivity contribution < 1.29 is 9.59 Å². The molecule has 3 aromatic rings. The summed E-state index contributed by atoms with van der Waals surface area (Å²) >= 11 is 0. The van der Waals surface area contributed by atoms with Crippen LogP contribution >= 0.6 is 0 Å². The number of aryl methyl sites for hydroxylation is 2. The number of hydrogen-bond donors (Lipinski definition) is 3. The van der Waals surface area contributed by atoms with Gasteiger partial charge >= 0.3 is 0 Å². The highest BCUT2D eigenvalue weighted by Gasteiger charge is 2.29. The number of hydrogen-bond acceptors (Lipinski definition) is 6. The predicted octanol–water partition coefficient (Wildman–Crippen LogP) is 1.85. The minimum absolute atomic E-state index is 0.0289. The zero-order valence-electron chi connectivity index (χ0n) is 15.7. The molecule has 144 valence electrons. The van der Waals surface area contributed by atoms with Gasteiger partial charge in [0.05, 0.1) is 6.42 Å². The number of nitrogen functional groups attached to an aromatic ring is 1. The van der Waals surface area contributed by atoms with Crippen LogP contribution < -0.4 is 16.4 Å². The molecule has 1 fully saturated rings. The summed E-state index contributed by atoms with van der Waals surface area (Å²) in [4.78, 5) is 32.9. The Morgan fingerprint density at radius 3 is 2.61 bits per heavy atom. The molecule has 2 amide bonds. The summed E-state index contributed by atoms with van der Waals surface area (Å²) in [5, 5.41) is 9.86. The van der Waals surface area contributed by atoms with Crippen molar-refractivity contribution in [2.75, 3.05) is 16.4 Å². The lowest BCUT2D eigenvalue weighted by molar-refractivity contribution is -0.117. The van der Waals surface area contributed by atoms with Crippen LogP contribution in [0.25, 0.3) is 5.78 Å². The van der Waals surface area contributed by atoms with Crippen LogP contribution in [0.1, 0.15) is 29.8 Å². The molecule has 2 heterocycles. The summed E-state index contributed by atoms with van der Waals surface area (Å²) in [6, 6.07) is 7.12. The smallest absolute Gasteiger partial charge is 0.254 e. The number of carbonyl (C=O) groups is 2. The van der Waals surface area contributed by atoms with Crippen LogP contribution in [0.5, 0.6) is 0 Å². The number of benzene rings is 1. The molecule has 9 heteroatoms. The Morgan fingerprint density at radius 2 is 1.89 bits per heavy atom. The third-order valence-electron chi connectivity index (χ3n) is 4.76. The first-order valence-corrected chi connectivity index (χ1v) is 9.10. The molecule has 28 heavy (non-hydrogen) atoms. The Kier molecular flexibility index (Phi) is 4.42. The molecular weight excluding hydrogens is 358 g/mol. The molecular formula is C19H21N7O2. The van der Waals surface area contributed by atoms with Crippen LogP contribution in [0.2, 0.25) is 0 Å². The molecule has 1 aromatic carbocycles. The zero-order valence-corrected chi connectivity index (χ0v) is 15.7. The summed E-state index contributed by atoms with van der Waals surface area (Å²) in [5.41, 5.74) is 9.18. The second kappa shape index (κ2) is 6.91. The number of carbonyl (C=O) groups excluding carboxylic acids is 2. The standard InChI is InChI=1S/C19H21N7O2/c1-10-15(11(2)26-19(21-10)24-18(20)25-26)9-16(27)22-13-4-3-5-14(8-13)23-17(28)12-6-7-12/h3-5,8,12H,6-7,9H2,1-2H3,(H2,20,25)(H,22,27)(H,23,28). The topological polar surface area (TPSA) is 127 Å². The van der Waals surface area contributed by atoms with Crippen molar-refractivity contribution in [3.63, 3.8) is 0 Å². The number of aromatic nitrogens is 4. The number of rotatable bonds is 5. The number of amides is 2. The lowest BCUT2D eigenvalue weighted by Gasteiger charge is -2.11. The monoisotopic (exact) mass is 379 g/mol. The van der Waals surface area contributed by atoms with Gasteiger partial charge in [0.25, 0.3) is 5.78 Å². The van der Waals surface area contributed by atoms with Gasteiger partial charge < -0.3 is 16.4 Å². The van der Waals surface area contributed by atoms with E-state index in [1.54, 1.807) is 28.8 Å². The van der Waals surface area contributed by atoms with Gasteiger partial charge in [0.2, 0.25) is 17.8 Å².